The van der Waals surface area contributed by atoms with Gasteiger partial charge in [0.2, 0.25) is 5.91 Å². The minimum atomic E-state index is -2.87. The van der Waals surface area contributed by atoms with E-state index in [1.54, 1.807) is 29.2 Å². The maximum atomic E-state index is 13.4. The minimum absolute atomic E-state index is 0.00817. The molecule has 0 bridgehead atoms. The molecule has 2 aliphatic rings. The van der Waals surface area contributed by atoms with Crippen LogP contribution in [-0.2, 0) is 4.79 Å². The molecule has 1 heterocycles. The number of benzene rings is 3. The van der Waals surface area contributed by atoms with Crippen LogP contribution in [0.3, 0.4) is 0 Å². The SMILES string of the molecule is CC(C)N(C(=O)CSC1=NC(c2ccc(O)cc2)C2=C(N1)/C(=C/c1ccc(OC(F)F)cc1)CCC2)c1ccccc1. The first kappa shape index (κ1) is 29.4. The second kappa shape index (κ2) is 13.2. The molecule has 0 saturated heterocycles. The Morgan fingerprint density at radius 3 is 2.45 bits per heavy atom. The van der Waals surface area contributed by atoms with Crippen molar-refractivity contribution in [3.63, 3.8) is 0 Å². The Balaban J connectivity index is 1.42. The quantitative estimate of drug-likeness (QED) is 0.282. The zero-order valence-corrected chi connectivity index (χ0v) is 24.3. The predicted octanol–water partition coefficient (Wildman–Crippen LogP) is 7.69. The average Bonchev–Trinajstić information content (AvgIpc) is 2.97. The number of carbonyl (C=O) groups is 1. The van der Waals surface area contributed by atoms with Crippen molar-refractivity contribution in [3.05, 3.63) is 107 Å². The summed E-state index contributed by atoms with van der Waals surface area (Å²) in [7, 11) is 0. The highest BCUT2D eigenvalue weighted by molar-refractivity contribution is 8.14. The highest BCUT2D eigenvalue weighted by Crippen LogP contribution is 2.42. The maximum absolute atomic E-state index is 13.4. The van der Waals surface area contributed by atoms with Crippen LogP contribution in [0.15, 0.2) is 101 Å². The third kappa shape index (κ3) is 7.02. The number of halogens is 2. The zero-order valence-electron chi connectivity index (χ0n) is 23.5. The van der Waals surface area contributed by atoms with E-state index >= 15 is 0 Å². The standard InChI is InChI=1S/C33H33F2N3O3S/c1-21(2)38(25-8-4-3-5-9-25)29(40)20-42-33-36-30(23-13-15-26(39)16-14-23)28-10-6-7-24(31(28)37-33)19-22-11-17-27(18-12-22)41-32(34)35/h3-5,8-9,11-19,21,30,32,39H,6-7,10,20H2,1-2H3,(H,36,37)/b24-19+. The van der Waals surface area contributed by atoms with Gasteiger partial charge in [0.1, 0.15) is 17.5 Å². The molecule has 0 spiro atoms. The molecule has 0 radical (unpaired) electrons. The number of aromatic hydroxyl groups is 1. The molecule has 3 aromatic carbocycles. The predicted molar refractivity (Wildman–Crippen MR) is 165 cm³/mol. The fourth-order valence-electron chi connectivity index (χ4n) is 5.31. The fourth-order valence-corrected chi connectivity index (χ4v) is 6.06. The number of ether oxygens (including phenoxy) is 1. The molecule has 3 aromatic rings. The molecule has 0 saturated carbocycles. The van der Waals surface area contributed by atoms with Crippen molar-refractivity contribution >= 4 is 34.6 Å². The van der Waals surface area contributed by atoms with Gasteiger partial charge >= 0.3 is 6.61 Å². The number of aliphatic imine (C=N–C) groups is 1. The number of nitrogens with one attached hydrogen (secondary N) is 1. The molecule has 6 nitrogen and oxygen atoms in total. The number of alkyl halides is 2. The van der Waals surface area contributed by atoms with E-state index in [0.717, 1.165) is 52.9 Å². The van der Waals surface area contributed by atoms with Gasteiger partial charge in [0.05, 0.1) is 5.75 Å². The van der Waals surface area contributed by atoms with Crippen LogP contribution in [0.1, 0.15) is 50.3 Å². The summed E-state index contributed by atoms with van der Waals surface area (Å²) < 4.78 is 29.7. The van der Waals surface area contributed by atoms with E-state index in [1.165, 1.54) is 23.9 Å². The summed E-state index contributed by atoms with van der Waals surface area (Å²) in [5.41, 5.74) is 5.86. The van der Waals surface area contributed by atoms with Crippen LogP contribution >= 0.6 is 11.8 Å². The molecular weight excluding hydrogens is 556 g/mol. The van der Waals surface area contributed by atoms with E-state index in [4.69, 9.17) is 4.99 Å². The number of carbonyl (C=O) groups excluding carboxylic acids is 1. The van der Waals surface area contributed by atoms with Gasteiger partial charge in [-0.3, -0.25) is 4.79 Å². The van der Waals surface area contributed by atoms with Crippen molar-refractivity contribution < 1.29 is 23.4 Å². The third-order valence-electron chi connectivity index (χ3n) is 7.15. The van der Waals surface area contributed by atoms with Crippen LogP contribution in [-0.4, -0.2) is 34.6 Å². The van der Waals surface area contributed by atoms with Crippen molar-refractivity contribution in [1.29, 1.82) is 0 Å². The van der Waals surface area contributed by atoms with Gasteiger partial charge in [-0.15, -0.1) is 0 Å². The van der Waals surface area contributed by atoms with Crippen LogP contribution < -0.4 is 15.0 Å². The van der Waals surface area contributed by atoms with Gasteiger partial charge in [0.25, 0.3) is 0 Å². The smallest absolute Gasteiger partial charge is 0.387 e. The van der Waals surface area contributed by atoms with Gasteiger partial charge in [-0.1, -0.05) is 54.2 Å². The first-order valence-corrected chi connectivity index (χ1v) is 14.9. The average molecular weight is 590 g/mol. The Bertz CT molecular complexity index is 1490. The molecular formula is C33H33F2N3O3S. The number of phenolic OH excluding ortho intramolecular Hbond substituents is 1. The Morgan fingerprint density at radius 2 is 1.79 bits per heavy atom. The minimum Gasteiger partial charge on any atom is -0.508 e. The number of thioether (sulfide) groups is 1. The summed E-state index contributed by atoms with van der Waals surface area (Å²) in [5.74, 6) is 0.482. The number of amides is 1. The van der Waals surface area contributed by atoms with E-state index in [-0.39, 0.29) is 35.2 Å². The van der Waals surface area contributed by atoms with Crippen LogP contribution in [0.2, 0.25) is 0 Å². The molecule has 5 rings (SSSR count). The van der Waals surface area contributed by atoms with Crippen LogP contribution in [0.4, 0.5) is 14.5 Å². The number of allylic oxidation sites excluding steroid dienone is 1. The second-order valence-electron chi connectivity index (χ2n) is 10.4. The van der Waals surface area contributed by atoms with E-state index in [0.29, 0.717) is 5.17 Å². The lowest BCUT2D eigenvalue weighted by atomic mass is 9.84. The van der Waals surface area contributed by atoms with E-state index in [9.17, 15) is 18.7 Å². The van der Waals surface area contributed by atoms with Crippen molar-refractivity contribution in [3.8, 4) is 11.5 Å². The molecule has 0 fully saturated rings. The van der Waals surface area contributed by atoms with Gasteiger partial charge in [-0.05, 0) is 97.9 Å². The van der Waals surface area contributed by atoms with E-state index in [2.05, 4.69) is 16.1 Å². The molecule has 42 heavy (non-hydrogen) atoms. The van der Waals surface area contributed by atoms with Gasteiger partial charge in [0.15, 0.2) is 5.17 Å². The number of phenols is 1. The first-order valence-electron chi connectivity index (χ1n) is 13.9. The third-order valence-corrected chi connectivity index (χ3v) is 8.02. The molecule has 9 heteroatoms. The second-order valence-corrected chi connectivity index (χ2v) is 11.4. The topological polar surface area (TPSA) is 74.2 Å². The number of amidine groups is 1. The normalized spacial score (nSPS) is 17.6. The lowest BCUT2D eigenvalue weighted by Gasteiger charge is -2.33. The summed E-state index contributed by atoms with van der Waals surface area (Å²) in [6.45, 7) is 1.12. The monoisotopic (exact) mass is 589 g/mol. The highest BCUT2D eigenvalue weighted by atomic mass is 32.2. The van der Waals surface area contributed by atoms with Gasteiger partial charge in [-0.2, -0.15) is 8.78 Å². The van der Waals surface area contributed by atoms with Crippen molar-refractivity contribution in [2.75, 3.05) is 10.7 Å². The largest absolute Gasteiger partial charge is 0.508 e. The lowest BCUT2D eigenvalue weighted by molar-refractivity contribution is -0.116. The van der Waals surface area contributed by atoms with E-state index in [1.807, 2.05) is 56.3 Å². The maximum Gasteiger partial charge on any atom is 0.387 e. The number of hydrogen-bond donors (Lipinski definition) is 2. The molecule has 0 aromatic heterocycles. The van der Waals surface area contributed by atoms with Gasteiger partial charge < -0.3 is 20.1 Å². The van der Waals surface area contributed by atoms with Crippen molar-refractivity contribution in [2.45, 2.75) is 51.8 Å². The Kier molecular flexibility index (Phi) is 9.27. The summed E-state index contributed by atoms with van der Waals surface area (Å²) in [6.07, 6.45) is 4.66. The van der Waals surface area contributed by atoms with Crippen molar-refractivity contribution in [1.82, 2.24) is 5.32 Å². The number of nitrogens with zero attached hydrogens (tertiary/aromatic N) is 2. The molecule has 1 aliphatic heterocycles. The summed E-state index contributed by atoms with van der Waals surface area (Å²) in [4.78, 5) is 20.2. The van der Waals surface area contributed by atoms with Crippen LogP contribution in [0.5, 0.6) is 11.5 Å². The first-order chi connectivity index (χ1) is 20.3. The number of anilines is 1. The Hall–Kier alpha value is -4.11. The summed E-state index contributed by atoms with van der Waals surface area (Å²) in [5, 5.41) is 14.0. The van der Waals surface area contributed by atoms with Crippen LogP contribution in [0, 0.1) is 0 Å². The number of rotatable bonds is 8. The lowest BCUT2D eigenvalue weighted by Crippen LogP contribution is -2.39. The Morgan fingerprint density at radius 1 is 1.07 bits per heavy atom. The molecule has 1 aliphatic carbocycles. The van der Waals surface area contributed by atoms with Gasteiger partial charge in [0, 0.05) is 17.4 Å². The molecule has 218 valence electrons. The molecule has 1 atom stereocenters. The highest BCUT2D eigenvalue weighted by Gasteiger charge is 2.31. The van der Waals surface area contributed by atoms with E-state index < -0.39 is 6.61 Å². The molecule has 1 unspecified atom stereocenters. The summed E-state index contributed by atoms with van der Waals surface area (Å²) in [6, 6.07) is 23.0. The molecule has 1 amide bonds. The number of para-hydroxylation sites is 1. The fraction of sp³-hybridized carbons (Fsp3) is 0.273. The van der Waals surface area contributed by atoms with Gasteiger partial charge in [-0.25, -0.2) is 4.99 Å². The van der Waals surface area contributed by atoms with Crippen molar-refractivity contribution in [2.24, 2.45) is 4.99 Å². The zero-order chi connectivity index (χ0) is 29.6. The van der Waals surface area contributed by atoms with Crippen LogP contribution in [0.25, 0.3) is 6.08 Å². The number of hydrogen-bond acceptors (Lipinski definition) is 6. The Labute approximate surface area is 248 Å². The summed E-state index contributed by atoms with van der Waals surface area (Å²) >= 11 is 1.37. The molecule has 2 N–H and O–H groups in total.